The number of amides is 1. The average molecular weight is 337 g/mol. The molecule has 0 saturated carbocycles. The number of anilines is 2. The molecule has 0 spiro atoms. The molecule has 0 saturated heterocycles. The molecule has 0 fully saturated rings. The molecule has 20 heavy (non-hydrogen) atoms. The van der Waals surface area contributed by atoms with Crippen molar-refractivity contribution in [2.45, 2.75) is 13.8 Å². The molecule has 0 bridgehead atoms. The second-order valence-electron chi connectivity index (χ2n) is 4.63. The van der Waals surface area contributed by atoms with Gasteiger partial charge >= 0.3 is 0 Å². The van der Waals surface area contributed by atoms with Crippen LogP contribution in [0.25, 0.3) is 0 Å². The first-order valence-electron chi connectivity index (χ1n) is 6.01. The Balaban J connectivity index is 2.30. The molecular weight excluding hydrogens is 323 g/mol. The summed E-state index contributed by atoms with van der Waals surface area (Å²) >= 11 is 3.10. The van der Waals surface area contributed by atoms with Crippen molar-refractivity contribution in [1.82, 2.24) is 0 Å². The van der Waals surface area contributed by atoms with Crippen LogP contribution >= 0.6 is 15.9 Å². The number of halogens is 2. The second-order valence-corrected chi connectivity index (χ2v) is 5.48. The average Bonchev–Trinajstić information content (AvgIpc) is 2.35. The van der Waals surface area contributed by atoms with E-state index in [-0.39, 0.29) is 11.7 Å². The van der Waals surface area contributed by atoms with Gasteiger partial charge in [-0.15, -0.1) is 0 Å². The van der Waals surface area contributed by atoms with E-state index in [1.807, 2.05) is 13.0 Å². The molecule has 2 aromatic carbocycles. The van der Waals surface area contributed by atoms with Gasteiger partial charge in [0.2, 0.25) is 0 Å². The summed E-state index contributed by atoms with van der Waals surface area (Å²) in [6, 6.07) is 8.13. The Bertz CT molecular complexity index is 686. The Morgan fingerprint density at radius 1 is 1.25 bits per heavy atom. The van der Waals surface area contributed by atoms with Gasteiger partial charge < -0.3 is 11.1 Å². The Morgan fingerprint density at radius 2 is 1.95 bits per heavy atom. The number of hydrogen-bond acceptors (Lipinski definition) is 2. The molecule has 0 radical (unpaired) electrons. The topological polar surface area (TPSA) is 55.1 Å². The second kappa shape index (κ2) is 5.63. The van der Waals surface area contributed by atoms with Gasteiger partial charge in [0.25, 0.3) is 5.91 Å². The van der Waals surface area contributed by atoms with Gasteiger partial charge in [-0.05, 0) is 65.2 Å². The lowest BCUT2D eigenvalue weighted by Gasteiger charge is -2.11. The summed E-state index contributed by atoms with van der Waals surface area (Å²) in [5.41, 5.74) is 8.83. The van der Waals surface area contributed by atoms with E-state index in [4.69, 9.17) is 5.73 Å². The third-order valence-corrected chi connectivity index (χ3v) is 3.57. The van der Waals surface area contributed by atoms with E-state index >= 15 is 0 Å². The minimum atomic E-state index is -0.365. The molecule has 0 atom stereocenters. The molecule has 0 aliphatic carbocycles. The monoisotopic (exact) mass is 336 g/mol. The molecule has 2 aromatic rings. The first-order chi connectivity index (χ1) is 9.38. The van der Waals surface area contributed by atoms with Crippen LogP contribution in [-0.2, 0) is 0 Å². The third-order valence-electron chi connectivity index (χ3n) is 2.97. The summed E-state index contributed by atoms with van der Waals surface area (Å²) in [5.74, 6) is -0.681. The predicted octanol–water partition coefficient (Wildman–Crippen LogP) is 4.04. The fraction of sp³-hybridized carbons (Fsp3) is 0.133. The molecule has 3 nitrogen and oxygen atoms in total. The van der Waals surface area contributed by atoms with Crippen LogP contribution in [0.3, 0.4) is 0 Å². The standard InChI is InChI=1S/C15H14BrFN2O/c1-8-3-4-10(13(18)5-8)15(20)19-14-7-11(16)12(17)6-9(14)2/h3-7H,18H2,1-2H3,(H,19,20). The molecule has 5 heteroatoms. The number of rotatable bonds is 2. The maximum Gasteiger partial charge on any atom is 0.257 e. The van der Waals surface area contributed by atoms with Crippen LogP contribution in [0.5, 0.6) is 0 Å². The van der Waals surface area contributed by atoms with E-state index in [2.05, 4.69) is 21.2 Å². The van der Waals surface area contributed by atoms with Crippen molar-refractivity contribution in [2.24, 2.45) is 0 Å². The number of aryl methyl sites for hydroxylation is 2. The third kappa shape index (κ3) is 2.99. The number of nitrogens with one attached hydrogen (secondary N) is 1. The molecule has 0 unspecified atom stereocenters. The summed E-state index contributed by atoms with van der Waals surface area (Å²) < 4.78 is 13.7. The van der Waals surface area contributed by atoms with Crippen molar-refractivity contribution in [2.75, 3.05) is 11.1 Å². The number of benzene rings is 2. The van der Waals surface area contributed by atoms with E-state index < -0.39 is 0 Å². The predicted molar refractivity (Wildman–Crippen MR) is 82.4 cm³/mol. The van der Waals surface area contributed by atoms with Gasteiger partial charge in [0, 0.05) is 11.4 Å². The highest BCUT2D eigenvalue weighted by Gasteiger charge is 2.12. The van der Waals surface area contributed by atoms with Crippen molar-refractivity contribution >= 4 is 33.2 Å². The van der Waals surface area contributed by atoms with E-state index in [1.54, 1.807) is 19.1 Å². The normalized spacial score (nSPS) is 10.4. The molecular formula is C15H14BrFN2O. The minimum Gasteiger partial charge on any atom is -0.398 e. The molecule has 104 valence electrons. The highest BCUT2D eigenvalue weighted by atomic mass is 79.9. The van der Waals surface area contributed by atoms with Crippen LogP contribution in [0.1, 0.15) is 21.5 Å². The van der Waals surface area contributed by atoms with Crippen molar-refractivity contribution in [3.63, 3.8) is 0 Å². The van der Waals surface area contributed by atoms with E-state index in [0.717, 1.165) is 5.56 Å². The van der Waals surface area contributed by atoms with Gasteiger partial charge in [-0.25, -0.2) is 4.39 Å². The fourth-order valence-electron chi connectivity index (χ4n) is 1.86. The Hall–Kier alpha value is -1.88. The van der Waals surface area contributed by atoms with Crippen LogP contribution in [0.15, 0.2) is 34.8 Å². The van der Waals surface area contributed by atoms with Gasteiger partial charge in [0.05, 0.1) is 10.0 Å². The maximum absolute atomic E-state index is 13.3. The number of nitrogen functional groups attached to an aromatic ring is 1. The Kier molecular flexibility index (Phi) is 4.09. The van der Waals surface area contributed by atoms with Gasteiger partial charge in [-0.2, -0.15) is 0 Å². The van der Waals surface area contributed by atoms with Crippen molar-refractivity contribution < 1.29 is 9.18 Å². The van der Waals surface area contributed by atoms with Crippen LogP contribution in [0, 0.1) is 19.7 Å². The summed E-state index contributed by atoms with van der Waals surface area (Å²) in [7, 11) is 0. The van der Waals surface area contributed by atoms with Gasteiger partial charge in [0.1, 0.15) is 5.82 Å². The number of nitrogens with two attached hydrogens (primary N) is 1. The van der Waals surface area contributed by atoms with Crippen LogP contribution in [0.2, 0.25) is 0 Å². The lowest BCUT2D eigenvalue weighted by atomic mass is 10.1. The first kappa shape index (κ1) is 14.5. The maximum atomic E-state index is 13.3. The SMILES string of the molecule is Cc1ccc(C(=O)Nc2cc(Br)c(F)cc2C)c(N)c1. The molecule has 0 aliphatic heterocycles. The van der Waals surface area contributed by atoms with Crippen molar-refractivity contribution in [3.05, 3.63) is 57.3 Å². The molecule has 0 aromatic heterocycles. The zero-order chi connectivity index (χ0) is 14.9. The van der Waals surface area contributed by atoms with Crippen molar-refractivity contribution in [3.8, 4) is 0 Å². The minimum absolute atomic E-state index is 0.301. The fourth-order valence-corrected chi connectivity index (χ4v) is 2.20. The van der Waals surface area contributed by atoms with Crippen molar-refractivity contribution in [1.29, 1.82) is 0 Å². The lowest BCUT2D eigenvalue weighted by molar-refractivity contribution is 0.102. The summed E-state index contributed by atoms with van der Waals surface area (Å²) in [4.78, 5) is 12.2. The zero-order valence-corrected chi connectivity index (χ0v) is 12.7. The molecule has 3 N–H and O–H groups in total. The van der Waals surface area contributed by atoms with Crippen LogP contribution in [0.4, 0.5) is 15.8 Å². The molecule has 1 amide bonds. The van der Waals surface area contributed by atoms with Gasteiger partial charge in [0.15, 0.2) is 0 Å². The largest absolute Gasteiger partial charge is 0.398 e. The Morgan fingerprint density at radius 3 is 2.60 bits per heavy atom. The van der Waals surface area contributed by atoms with Gasteiger partial charge in [-0.3, -0.25) is 4.79 Å². The van der Waals surface area contributed by atoms with Gasteiger partial charge in [-0.1, -0.05) is 6.07 Å². The van der Waals surface area contributed by atoms with E-state index in [1.165, 1.54) is 12.1 Å². The van der Waals surface area contributed by atoms with E-state index in [9.17, 15) is 9.18 Å². The van der Waals surface area contributed by atoms with Crippen LogP contribution < -0.4 is 11.1 Å². The smallest absolute Gasteiger partial charge is 0.257 e. The molecule has 0 aliphatic rings. The van der Waals surface area contributed by atoms with E-state index in [0.29, 0.717) is 27.0 Å². The summed E-state index contributed by atoms with van der Waals surface area (Å²) in [6.07, 6.45) is 0. The zero-order valence-electron chi connectivity index (χ0n) is 11.1. The lowest BCUT2D eigenvalue weighted by Crippen LogP contribution is -2.15. The molecule has 0 heterocycles. The highest BCUT2D eigenvalue weighted by Crippen LogP contribution is 2.25. The Labute approximate surface area is 125 Å². The first-order valence-corrected chi connectivity index (χ1v) is 6.81. The summed E-state index contributed by atoms with van der Waals surface area (Å²) in [6.45, 7) is 3.63. The summed E-state index contributed by atoms with van der Waals surface area (Å²) in [5, 5.41) is 2.74. The number of carbonyl (C=O) groups excluding carboxylic acids is 1. The highest BCUT2D eigenvalue weighted by molar-refractivity contribution is 9.10. The molecule has 2 rings (SSSR count). The number of hydrogen-bond donors (Lipinski definition) is 2. The quantitative estimate of drug-likeness (QED) is 0.813. The van der Waals surface area contributed by atoms with Crippen LogP contribution in [-0.4, -0.2) is 5.91 Å². The number of carbonyl (C=O) groups is 1.